The Labute approximate surface area is 269 Å². The van der Waals surface area contributed by atoms with Crippen molar-refractivity contribution in [3.8, 4) is 11.3 Å². The van der Waals surface area contributed by atoms with Crippen molar-refractivity contribution >= 4 is 52.8 Å². The van der Waals surface area contributed by atoms with Gasteiger partial charge in [-0.05, 0) is 79.7 Å². The van der Waals surface area contributed by atoms with E-state index in [4.69, 9.17) is 10.2 Å². The van der Waals surface area contributed by atoms with E-state index in [1.165, 1.54) is 17.8 Å². The number of rotatable bonds is 11. The van der Waals surface area contributed by atoms with Crippen molar-refractivity contribution in [1.29, 1.82) is 0 Å². The molecule has 0 fully saturated rings. The Morgan fingerprint density at radius 3 is 2.07 bits per heavy atom. The van der Waals surface area contributed by atoms with Crippen LogP contribution in [0.15, 0.2) is 130 Å². The van der Waals surface area contributed by atoms with Gasteiger partial charge in [-0.1, -0.05) is 48.0 Å². The summed E-state index contributed by atoms with van der Waals surface area (Å²) in [5.74, 6) is -0.578. The first-order valence-corrected chi connectivity index (χ1v) is 15.2. The number of hydrogen-bond donors (Lipinski definition) is 4. The first-order valence-electron chi connectivity index (χ1n) is 14.2. The fourth-order valence-electron chi connectivity index (χ4n) is 4.28. The van der Waals surface area contributed by atoms with Gasteiger partial charge in [0.15, 0.2) is 0 Å². The van der Waals surface area contributed by atoms with Crippen molar-refractivity contribution in [2.45, 2.75) is 11.8 Å². The lowest BCUT2D eigenvalue weighted by Gasteiger charge is -2.11. The standard InChI is InChI=1S/C36H30N4O5S/c1-23-7-9-24(10-8-23)32-20-17-29(45-32)21-31(40-35(43)26-5-3-2-4-6-26)36(44)39-28-15-18-30(19-16-28)46-22-33(41)38-27-13-11-25(12-14-27)34(37)42/h2-21H,22H2,1H3,(H2,37,42)(H,38,41)(H,39,44)(H,40,43). The molecule has 10 heteroatoms. The molecule has 46 heavy (non-hydrogen) atoms. The Morgan fingerprint density at radius 1 is 0.739 bits per heavy atom. The average molecular weight is 631 g/mol. The summed E-state index contributed by atoms with van der Waals surface area (Å²) in [5.41, 5.74) is 9.06. The van der Waals surface area contributed by atoms with Gasteiger partial charge in [-0.3, -0.25) is 19.2 Å². The van der Waals surface area contributed by atoms with Crippen LogP contribution in [0.3, 0.4) is 0 Å². The fourth-order valence-corrected chi connectivity index (χ4v) is 4.98. The highest BCUT2D eigenvalue weighted by molar-refractivity contribution is 8.00. The van der Waals surface area contributed by atoms with Crippen molar-refractivity contribution < 1.29 is 23.6 Å². The molecule has 0 bridgehead atoms. The van der Waals surface area contributed by atoms with Crippen molar-refractivity contribution in [2.75, 3.05) is 16.4 Å². The van der Waals surface area contributed by atoms with E-state index in [2.05, 4.69) is 16.0 Å². The zero-order chi connectivity index (χ0) is 32.5. The number of carbonyl (C=O) groups excluding carboxylic acids is 4. The number of nitrogens with one attached hydrogen (secondary N) is 3. The van der Waals surface area contributed by atoms with Crippen LogP contribution in [0.4, 0.5) is 11.4 Å². The number of aryl methyl sites for hydroxylation is 1. The average Bonchev–Trinajstić information content (AvgIpc) is 3.53. The normalized spacial score (nSPS) is 11.0. The van der Waals surface area contributed by atoms with Crippen molar-refractivity contribution in [3.05, 3.63) is 143 Å². The third-order valence-corrected chi connectivity index (χ3v) is 7.73. The summed E-state index contributed by atoms with van der Waals surface area (Å²) in [6, 6.07) is 33.3. The molecular weight excluding hydrogens is 600 g/mol. The van der Waals surface area contributed by atoms with E-state index in [1.807, 2.05) is 31.2 Å². The summed E-state index contributed by atoms with van der Waals surface area (Å²) >= 11 is 1.32. The van der Waals surface area contributed by atoms with Crippen LogP contribution in [0.1, 0.15) is 32.0 Å². The van der Waals surface area contributed by atoms with Gasteiger partial charge in [0.25, 0.3) is 11.8 Å². The number of amides is 4. The highest BCUT2D eigenvalue weighted by Gasteiger charge is 2.17. The number of carbonyl (C=O) groups is 4. The number of benzene rings is 4. The van der Waals surface area contributed by atoms with Gasteiger partial charge in [0.2, 0.25) is 11.8 Å². The summed E-state index contributed by atoms with van der Waals surface area (Å²) in [7, 11) is 0. The van der Waals surface area contributed by atoms with E-state index in [0.717, 1.165) is 16.0 Å². The molecular formula is C36H30N4O5S. The van der Waals surface area contributed by atoms with Crippen molar-refractivity contribution in [1.82, 2.24) is 5.32 Å². The maximum atomic E-state index is 13.4. The number of nitrogens with two attached hydrogens (primary N) is 1. The first kappa shape index (κ1) is 31.6. The maximum absolute atomic E-state index is 13.4. The van der Waals surface area contributed by atoms with Crippen LogP contribution in [0.2, 0.25) is 0 Å². The van der Waals surface area contributed by atoms with Crippen molar-refractivity contribution in [2.24, 2.45) is 5.73 Å². The summed E-state index contributed by atoms with van der Waals surface area (Å²) in [6.07, 6.45) is 1.48. The molecule has 4 amide bonds. The van der Waals surface area contributed by atoms with Gasteiger partial charge in [0, 0.05) is 39.0 Å². The Morgan fingerprint density at radius 2 is 1.39 bits per heavy atom. The summed E-state index contributed by atoms with van der Waals surface area (Å²) < 4.78 is 5.98. The van der Waals surface area contributed by atoms with E-state index in [-0.39, 0.29) is 17.4 Å². The first-order chi connectivity index (χ1) is 22.2. The molecule has 5 aromatic rings. The van der Waals surface area contributed by atoms with Gasteiger partial charge in [0.05, 0.1) is 5.75 Å². The van der Waals surface area contributed by atoms with Gasteiger partial charge in [0.1, 0.15) is 17.2 Å². The third kappa shape index (κ3) is 8.61. The SMILES string of the molecule is Cc1ccc(-c2ccc(C=C(NC(=O)c3ccccc3)C(=O)Nc3ccc(SCC(=O)Nc4ccc(C(N)=O)cc4)cc3)o2)cc1. The molecule has 9 nitrogen and oxygen atoms in total. The molecule has 5 N–H and O–H groups in total. The minimum absolute atomic E-state index is 0.00218. The van der Waals surface area contributed by atoms with E-state index in [9.17, 15) is 19.2 Å². The molecule has 0 radical (unpaired) electrons. The molecule has 4 aromatic carbocycles. The number of hydrogen-bond acceptors (Lipinski definition) is 6. The monoisotopic (exact) mass is 630 g/mol. The molecule has 0 unspecified atom stereocenters. The second kappa shape index (κ2) is 14.7. The van der Waals surface area contributed by atoms with Crippen LogP contribution in [0, 0.1) is 6.92 Å². The van der Waals surface area contributed by atoms with Crippen LogP contribution in [0.25, 0.3) is 17.4 Å². The van der Waals surface area contributed by atoms with Crippen LogP contribution < -0.4 is 21.7 Å². The second-order valence-electron chi connectivity index (χ2n) is 10.2. The highest BCUT2D eigenvalue weighted by atomic mass is 32.2. The largest absolute Gasteiger partial charge is 0.457 e. The van der Waals surface area contributed by atoms with Gasteiger partial charge in [-0.15, -0.1) is 11.8 Å². The Balaban J connectivity index is 1.24. The lowest BCUT2D eigenvalue weighted by molar-refractivity contribution is -0.114. The van der Waals surface area contributed by atoms with Gasteiger partial charge in [-0.25, -0.2) is 0 Å². The molecule has 0 atom stereocenters. The molecule has 230 valence electrons. The third-order valence-electron chi connectivity index (χ3n) is 6.71. The zero-order valence-electron chi connectivity index (χ0n) is 24.8. The number of furan rings is 1. The molecule has 0 saturated carbocycles. The summed E-state index contributed by atoms with van der Waals surface area (Å²) in [5, 5.41) is 8.30. The topological polar surface area (TPSA) is 144 Å². The quantitative estimate of drug-likeness (QED) is 0.0970. The smallest absolute Gasteiger partial charge is 0.272 e. The second-order valence-corrected chi connectivity index (χ2v) is 11.3. The molecule has 0 saturated heterocycles. The van der Waals surface area contributed by atoms with Gasteiger partial charge in [-0.2, -0.15) is 0 Å². The molecule has 0 aliphatic heterocycles. The Bertz CT molecular complexity index is 1880. The summed E-state index contributed by atoms with van der Waals surface area (Å²) in [4.78, 5) is 50.8. The van der Waals surface area contributed by atoms with E-state index >= 15 is 0 Å². The van der Waals surface area contributed by atoms with E-state index in [1.54, 1.807) is 91.0 Å². The maximum Gasteiger partial charge on any atom is 0.272 e. The van der Waals surface area contributed by atoms with Crippen LogP contribution in [-0.4, -0.2) is 29.4 Å². The minimum Gasteiger partial charge on any atom is -0.457 e. The van der Waals surface area contributed by atoms with Crippen LogP contribution in [0.5, 0.6) is 0 Å². The van der Waals surface area contributed by atoms with Gasteiger partial charge >= 0.3 is 0 Å². The fraction of sp³-hybridized carbons (Fsp3) is 0.0556. The van der Waals surface area contributed by atoms with Crippen LogP contribution >= 0.6 is 11.8 Å². The predicted molar refractivity (Wildman–Crippen MR) is 180 cm³/mol. The van der Waals surface area contributed by atoms with Crippen molar-refractivity contribution in [3.63, 3.8) is 0 Å². The predicted octanol–water partition coefficient (Wildman–Crippen LogP) is 6.49. The van der Waals surface area contributed by atoms with E-state index in [0.29, 0.717) is 34.0 Å². The lowest BCUT2D eigenvalue weighted by Crippen LogP contribution is -2.30. The molecule has 0 spiro atoms. The summed E-state index contributed by atoms with van der Waals surface area (Å²) in [6.45, 7) is 2.00. The molecule has 1 heterocycles. The van der Waals surface area contributed by atoms with E-state index < -0.39 is 17.7 Å². The lowest BCUT2D eigenvalue weighted by atomic mass is 10.1. The molecule has 1 aromatic heterocycles. The Kier molecular flexibility index (Phi) is 10.1. The van der Waals surface area contributed by atoms with Crippen LogP contribution in [-0.2, 0) is 9.59 Å². The Hall–Kier alpha value is -5.87. The van der Waals surface area contributed by atoms with Gasteiger partial charge < -0.3 is 26.1 Å². The number of primary amides is 1. The number of thioether (sulfide) groups is 1. The minimum atomic E-state index is -0.542. The number of anilines is 2. The zero-order valence-corrected chi connectivity index (χ0v) is 25.6. The molecule has 0 aliphatic carbocycles. The molecule has 5 rings (SSSR count). The highest BCUT2D eigenvalue weighted by Crippen LogP contribution is 2.25. The molecule has 0 aliphatic rings.